The number of hydrogen-bond acceptors (Lipinski definition) is 2. The second-order valence-electron chi connectivity index (χ2n) is 3.78. The zero-order chi connectivity index (χ0) is 13.1. The molecule has 0 aromatic heterocycles. The van der Waals surface area contributed by atoms with E-state index in [0.717, 1.165) is 4.90 Å². The van der Waals surface area contributed by atoms with Crippen LogP contribution >= 0.6 is 15.9 Å². The van der Waals surface area contributed by atoms with Gasteiger partial charge in [-0.3, -0.25) is 4.79 Å². The summed E-state index contributed by atoms with van der Waals surface area (Å²) in [6.45, 7) is 1.51. The van der Waals surface area contributed by atoms with Gasteiger partial charge in [-0.05, 0) is 47.1 Å². The number of hydrogen-bond donors (Lipinski definition) is 0. The summed E-state index contributed by atoms with van der Waals surface area (Å²) in [4.78, 5) is 12.7. The molecule has 18 heavy (non-hydrogen) atoms. The third-order valence-electron chi connectivity index (χ3n) is 2.50. The molecule has 0 amide bonds. The molecule has 2 aromatic carbocycles. The first-order chi connectivity index (χ1) is 8.59. The van der Waals surface area contributed by atoms with Crippen molar-refractivity contribution in [2.45, 2.75) is 16.7 Å². The molecular weight excluding hydrogens is 312 g/mol. The number of carbonyl (C=O) groups excluding carboxylic acids is 1. The summed E-state index contributed by atoms with van der Waals surface area (Å²) in [6.07, 6.45) is 0. The number of rotatable bonds is 3. The molecule has 2 nitrogen and oxygen atoms in total. The summed E-state index contributed by atoms with van der Waals surface area (Å²) in [5, 5.41) is 0. The van der Waals surface area contributed by atoms with E-state index in [0.29, 0.717) is 14.9 Å². The van der Waals surface area contributed by atoms with Crippen LogP contribution in [-0.2, 0) is 10.8 Å². The molecule has 0 aliphatic rings. The van der Waals surface area contributed by atoms with Gasteiger partial charge in [-0.15, -0.1) is 0 Å². The molecule has 0 radical (unpaired) electrons. The minimum atomic E-state index is -1.24. The van der Waals surface area contributed by atoms with Crippen molar-refractivity contribution in [2.75, 3.05) is 0 Å². The molecule has 4 heteroatoms. The topological polar surface area (TPSA) is 34.1 Å². The van der Waals surface area contributed by atoms with Crippen LogP contribution in [0.15, 0.2) is 62.8 Å². The van der Waals surface area contributed by atoms with Gasteiger partial charge < -0.3 is 0 Å². The van der Waals surface area contributed by atoms with Crippen molar-refractivity contribution in [3.63, 3.8) is 0 Å². The molecule has 0 fully saturated rings. The zero-order valence-corrected chi connectivity index (χ0v) is 12.1. The van der Waals surface area contributed by atoms with Crippen molar-refractivity contribution < 1.29 is 9.00 Å². The van der Waals surface area contributed by atoms with Gasteiger partial charge in [-0.1, -0.05) is 24.3 Å². The Bertz CT molecular complexity index is 608. The second-order valence-corrected chi connectivity index (χ2v) is 6.09. The number of benzene rings is 2. The zero-order valence-electron chi connectivity index (χ0n) is 9.72. The molecule has 0 aliphatic heterocycles. The van der Waals surface area contributed by atoms with Crippen LogP contribution in [0.1, 0.15) is 17.3 Å². The quantitative estimate of drug-likeness (QED) is 0.805. The van der Waals surface area contributed by atoms with Crippen LogP contribution in [0.4, 0.5) is 0 Å². The summed E-state index contributed by atoms with van der Waals surface area (Å²) in [6, 6.07) is 14.4. The Hall–Kier alpha value is -1.26. The van der Waals surface area contributed by atoms with Gasteiger partial charge in [0.25, 0.3) is 0 Å². The highest BCUT2D eigenvalue weighted by molar-refractivity contribution is 9.10. The summed E-state index contributed by atoms with van der Waals surface area (Å²) in [5.41, 5.74) is 0.607. The van der Waals surface area contributed by atoms with Gasteiger partial charge in [0.2, 0.25) is 0 Å². The van der Waals surface area contributed by atoms with Crippen LogP contribution in [-0.4, -0.2) is 9.99 Å². The predicted molar refractivity (Wildman–Crippen MR) is 75.3 cm³/mol. The molecule has 0 heterocycles. The smallest absolute Gasteiger partial charge is 0.159 e. The number of ketones is 1. The fraction of sp³-hybridized carbons (Fsp3) is 0.0714. The number of Topliss-reactive ketones (excluding diaryl/α,β-unsaturated/α-hetero) is 1. The molecule has 92 valence electrons. The van der Waals surface area contributed by atoms with Gasteiger partial charge in [-0.2, -0.15) is 0 Å². The fourth-order valence-corrected chi connectivity index (χ4v) is 3.45. The average Bonchev–Trinajstić information content (AvgIpc) is 2.38. The van der Waals surface area contributed by atoms with E-state index in [1.165, 1.54) is 6.92 Å². The minimum absolute atomic E-state index is 0.00672. The first-order valence-electron chi connectivity index (χ1n) is 5.37. The van der Waals surface area contributed by atoms with Crippen molar-refractivity contribution in [2.24, 2.45) is 0 Å². The van der Waals surface area contributed by atoms with Crippen LogP contribution in [0.3, 0.4) is 0 Å². The molecular formula is C14H11BrO2S. The van der Waals surface area contributed by atoms with E-state index in [1.54, 1.807) is 18.2 Å². The molecule has 0 bridgehead atoms. The van der Waals surface area contributed by atoms with Gasteiger partial charge in [0.1, 0.15) is 0 Å². The van der Waals surface area contributed by atoms with E-state index in [-0.39, 0.29) is 5.78 Å². The van der Waals surface area contributed by atoms with Crippen LogP contribution in [0.2, 0.25) is 0 Å². The van der Waals surface area contributed by atoms with Gasteiger partial charge in [0, 0.05) is 14.9 Å². The third-order valence-corrected chi connectivity index (χ3v) is 4.87. The lowest BCUT2D eigenvalue weighted by Crippen LogP contribution is -1.97. The van der Waals surface area contributed by atoms with Gasteiger partial charge in [0.05, 0.1) is 15.7 Å². The third kappa shape index (κ3) is 2.76. The Morgan fingerprint density at radius 1 is 1.11 bits per heavy atom. The highest BCUT2D eigenvalue weighted by Crippen LogP contribution is 2.25. The molecule has 1 unspecified atom stereocenters. The monoisotopic (exact) mass is 322 g/mol. The van der Waals surface area contributed by atoms with Crippen molar-refractivity contribution in [3.05, 3.63) is 58.6 Å². The van der Waals surface area contributed by atoms with E-state index < -0.39 is 10.8 Å². The van der Waals surface area contributed by atoms with Crippen LogP contribution in [0.5, 0.6) is 0 Å². The molecule has 0 aliphatic carbocycles. The lowest BCUT2D eigenvalue weighted by molar-refractivity contribution is 0.101. The van der Waals surface area contributed by atoms with Gasteiger partial charge >= 0.3 is 0 Å². The maximum atomic E-state index is 12.3. The molecule has 2 aromatic rings. The lowest BCUT2D eigenvalue weighted by atomic mass is 10.2. The van der Waals surface area contributed by atoms with Crippen molar-refractivity contribution in [1.82, 2.24) is 0 Å². The van der Waals surface area contributed by atoms with E-state index in [4.69, 9.17) is 0 Å². The maximum Gasteiger partial charge on any atom is 0.159 e. The standard InChI is InChI=1S/C14H11BrO2S/c1-10(16)11-7-8-14(13(15)9-11)18(17)12-5-3-2-4-6-12/h2-9H,1H3. The SMILES string of the molecule is CC(=O)c1ccc(S(=O)c2ccccc2)c(Br)c1. The van der Waals surface area contributed by atoms with Crippen molar-refractivity contribution in [3.8, 4) is 0 Å². The molecule has 0 saturated heterocycles. The maximum absolute atomic E-state index is 12.3. The molecule has 0 saturated carbocycles. The lowest BCUT2D eigenvalue weighted by Gasteiger charge is -2.06. The average molecular weight is 323 g/mol. The van der Waals surface area contributed by atoms with Crippen LogP contribution in [0.25, 0.3) is 0 Å². The van der Waals surface area contributed by atoms with E-state index in [1.807, 2.05) is 30.3 Å². The Labute approximate surface area is 117 Å². The molecule has 2 rings (SSSR count). The van der Waals surface area contributed by atoms with Gasteiger partial charge in [0.15, 0.2) is 5.78 Å². The highest BCUT2D eigenvalue weighted by Gasteiger charge is 2.12. The molecule has 0 N–H and O–H groups in total. The van der Waals surface area contributed by atoms with E-state index in [9.17, 15) is 9.00 Å². The highest BCUT2D eigenvalue weighted by atomic mass is 79.9. The summed E-state index contributed by atoms with van der Waals surface area (Å²) in [5.74, 6) is -0.00672. The van der Waals surface area contributed by atoms with Crippen molar-refractivity contribution in [1.29, 1.82) is 0 Å². The minimum Gasteiger partial charge on any atom is -0.295 e. The Morgan fingerprint density at radius 3 is 2.33 bits per heavy atom. The molecule has 0 spiro atoms. The van der Waals surface area contributed by atoms with Crippen molar-refractivity contribution >= 4 is 32.5 Å². The predicted octanol–water partition coefficient (Wildman–Crippen LogP) is 3.82. The summed E-state index contributed by atoms with van der Waals surface area (Å²) >= 11 is 3.37. The number of halogens is 1. The van der Waals surface area contributed by atoms with Gasteiger partial charge in [-0.25, -0.2) is 4.21 Å². The normalized spacial score (nSPS) is 12.1. The van der Waals surface area contributed by atoms with Crippen LogP contribution < -0.4 is 0 Å². The first-order valence-corrected chi connectivity index (χ1v) is 7.31. The number of carbonyl (C=O) groups is 1. The van der Waals surface area contributed by atoms with E-state index in [2.05, 4.69) is 15.9 Å². The Balaban J connectivity index is 2.41. The van der Waals surface area contributed by atoms with E-state index >= 15 is 0 Å². The summed E-state index contributed by atoms with van der Waals surface area (Å²) < 4.78 is 13.0. The largest absolute Gasteiger partial charge is 0.295 e. The molecule has 1 atom stereocenters. The second kappa shape index (κ2) is 5.59. The fourth-order valence-electron chi connectivity index (χ4n) is 1.54. The first kappa shape index (κ1) is 13.2. The Kier molecular flexibility index (Phi) is 4.09. The van der Waals surface area contributed by atoms with Crippen LogP contribution in [0, 0.1) is 0 Å². The summed E-state index contributed by atoms with van der Waals surface area (Å²) in [7, 11) is -1.24. The Morgan fingerprint density at radius 2 is 1.78 bits per heavy atom.